The van der Waals surface area contributed by atoms with E-state index in [1.54, 1.807) is 24.3 Å². The van der Waals surface area contributed by atoms with Gasteiger partial charge in [-0.05, 0) is 30.9 Å². The van der Waals surface area contributed by atoms with E-state index in [-0.39, 0.29) is 18.4 Å². The Morgan fingerprint density at radius 3 is 2.50 bits per heavy atom. The van der Waals surface area contributed by atoms with Crippen molar-refractivity contribution in [3.63, 3.8) is 0 Å². The Balaban J connectivity index is 1.75. The van der Waals surface area contributed by atoms with Crippen molar-refractivity contribution in [2.24, 2.45) is 5.92 Å². The lowest BCUT2D eigenvalue weighted by atomic mass is 9.97. The van der Waals surface area contributed by atoms with Gasteiger partial charge in [0.25, 0.3) is 0 Å². The van der Waals surface area contributed by atoms with Gasteiger partial charge in [-0.1, -0.05) is 28.1 Å². The van der Waals surface area contributed by atoms with E-state index in [4.69, 9.17) is 9.47 Å². The summed E-state index contributed by atoms with van der Waals surface area (Å²) in [6.45, 7) is 1.22. The van der Waals surface area contributed by atoms with Crippen molar-refractivity contribution < 1.29 is 19.1 Å². The van der Waals surface area contributed by atoms with Crippen LogP contribution in [0.25, 0.3) is 0 Å². The van der Waals surface area contributed by atoms with Crippen molar-refractivity contribution in [3.05, 3.63) is 34.3 Å². The fourth-order valence-electron chi connectivity index (χ4n) is 2.11. The molecule has 1 aliphatic rings. The SMILES string of the molecule is O=C(CC1CCOCC1)OCC(=O)c1ccc(Br)cc1. The van der Waals surface area contributed by atoms with E-state index < -0.39 is 0 Å². The van der Waals surface area contributed by atoms with Crippen LogP contribution in [0.3, 0.4) is 0 Å². The Labute approximate surface area is 126 Å². The van der Waals surface area contributed by atoms with Gasteiger partial charge in [0.2, 0.25) is 0 Å². The molecule has 0 amide bonds. The standard InChI is InChI=1S/C15H17BrO4/c16-13-3-1-12(2-4-13)14(17)10-20-15(18)9-11-5-7-19-8-6-11/h1-4,11H,5-10H2. The van der Waals surface area contributed by atoms with Gasteiger partial charge in [-0.2, -0.15) is 0 Å². The van der Waals surface area contributed by atoms with Crippen molar-refractivity contribution in [2.45, 2.75) is 19.3 Å². The molecular formula is C15H17BrO4. The number of benzene rings is 1. The first-order valence-corrected chi connectivity index (χ1v) is 7.46. The molecule has 0 saturated carbocycles. The van der Waals surface area contributed by atoms with Gasteiger partial charge in [-0.3, -0.25) is 9.59 Å². The van der Waals surface area contributed by atoms with Crippen LogP contribution in [0.1, 0.15) is 29.6 Å². The summed E-state index contributed by atoms with van der Waals surface area (Å²) in [6.07, 6.45) is 2.14. The summed E-state index contributed by atoms with van der Waals surface area (Å²) >= 11 is 3.31. The van der Waals surface area contributed by atoms with Gasteiger partial charge in [-0.25, -0.2) is 0 Å². The summed E-state index contributed by atoms with van der Waals surface area (Å²) in [5.74, 6) is -0.167. The van der Waals surface area contributed by atoms with Crippen molar-refractivity contribution in [1.82, 2.24) is 0 Å². The number of rotatable bonds is 5. The molecule has 1 aromatic rings. The summed E-state index contributed by atoms with van der Waals surface area (Å²) in [7, 11) is 0. The van der Waals surface area contributed by atoms with E-state index in [1.807, 2.05) is 0 Å². The molecule has 1 saturated heterocycles. The van der Waals surface area contributed by atoms with Crippen molar-refractivity contribution >= 4 is 27.7 Å². The molecule has 0 N–H and O–H groups in total. The van der Waals surface area contributed by atoms with Gasteiger partial charge in [-0.15, -0.1) is 0 Å². The van der Waals surface area contributed by atoms with Gasteiger partial charge < -0.3 is 9.47 Å². The number of Topliss-reactive ketones (excluding diaryl/α,β-unsaturated/α-hetero) is 1. The molecule has 4 nitrogen and oxygen atoms in total. The molecule has 0 atom stereocenters. The number of halogens is 1. The summed E-state index contributed by atoms with van der Waals surface area (Å²) in [5, 5.41) is 0. The second-order valence-corrected chi connectivity index (χ2v) is 5.77. The highest BCUT2D eigenvalue weighted by atomic mass is 79.9. The molecule has 1 aromatic carbocycles. The lowest BCUT2D eigenvalue weighted by molar-refractivity contribution is -0.144. The molecule has 0 radical (unpaired) electrons. The van der Waals surface area contributed by atoms with Crippen LogP contribution in [0.5, 0.6) is 0 Å². The Hall–Kier alpha value is -1.20. The highest BCUT2D eigenvalue weighted by molar-refractivity contribution is 9.10. The first-order chi connectivity index (χ1) is 9.65. The Kier molecular flexibility index (Phi) is 5.73. The number of ether oxygens (including phenoxy) is 2. The Bertz CT molecular complexity index is 463. The van der Waals surface area contributed by atoms with Gasteiger partial charge in [0, 0.05) is 29.7 Å². The van der Waals surface area contributed by atoms with Crippen LogP contribution >= 0.6 is 15.9 Å². The quantitative estimate of drug-likeness (QED) is 0.610. The van der Waals surface area contributed by atoms with Crippen LogP contribution in [0.15, 0.2) is 28.7 Å². The molecule has 1 heterocycles. The summed E-state index contributed by atoms with van der Waals surface area (Å²) < 4.78 is 11.2. The molecule has 0 bridgehead atoms. The number of ketones is 1. The molecule has 108 valence electrons. The third kappa shape index (κ3) is 4.72. The number of carbonyl (C=O) groups is 2. The van der Waals surface area contributed by atoms with E-state index in [0.717, 1.165) is 17.3 Å². The maximum atomic E-state index is 11.8. The second kappa shape index (κ2) is 7.55. The normalized spacial score (nSPS) is 15.8. The molecule has 20 heavy (non-hydrogen) atoms. The van der Waals surface area contributed by atoms with Gasteiger partial charge >= 0.3 is 5.97 Å². The molecule has 2 rings (SSSR count). The molecule has 1 fully saturated rings. The Morgan fingerprint density at radius 2 is 1.85 bits per heavy atom. The largest absolute Gasteiger partial charge is 0.457 e. The zero-order valence-electron chi connectivity index (χ0n) is 11.1. The summed E-state index contributed by atoms with van der Waals surface area (Å²) in [5.41, 5.74) is 0.548. The molecule has 0 aromatic heterocycles. The van der Waals surface area contributed by atoms with Crippen LogP contribution in [-0.2, 0) is 14.3 Å². The lowest BCUT2D eigenvalue weighted by Crippen LogP contribution is -2.21. The minimum atomic E-state index is -0.303. The monoisotopic (exact) mass is 340 g/mol. The molecule has 0 aliphatic carbocycles. The zero-order valence-corrected chi connectivity index (χ0v) is 12.7. The van der Waals surface area contributed by atoms with Gasteiger partial charge in [0.1, 0.15) is 0 Å². The number of carbonyl (C=O) groups excluding carboxylic acids is 2. The first kappa shape index (κ1) is 15.2. The minimum absolute atomic E-state index is 0.183. The fraction of sp³-hybridized carbons (Fsp3) is 0.467. The van der Waals surface area contributed by atoms with Gasteiger partial charge in [0.15, 0.2) is 12.4 Å². The molecule has 0 spiro atoms. The van der Waals surface area contributed by atoms with Crippen LogP contribution in [-0.4, -0.2) is 31.6 Å². The zero-order chi connectivity index (χ0) is 14.4. The van der Waals surface area contributed by atoms with Crippen LogP contribution in [0, 0.1) is 5.92 Å². The van der Waals surface area contributed by atoms with E-state index in [9.17, 15) is 9.59 Å². The Morgan fingerprint density at radius 1 is 1.20 bits per heavy atom. The van der Waals surface area contributed by atoms with Crippen LogP contribution in [0.4, 0.5) is 0 Å². The predicted octanol–water partition coefficient (Wildman–Crippen LogP) is 2.99. The molecule has 5 heteroatoms. The van der Waals surface area contributed by atoms with Crippen molar-refractivity contribution in [1.29, 1.82) is 0 Å². The van der Waals surface area contributed by atoms with E-state index >= 15 is 0 Å². The second-order valence-electron chi connectivity index (χ2n) is 4.85. The first-order valence-electron chi connectivity index (χ1n) is 6.67. The van der Waals surface area contributed by atoms with Crippen molar-refractivity contribution in [3.8, 4) is 0 Å². The topological polar surface area (TPSA) is 52.6 Å². The lowest BCUT2D eigenvalue weighted by Gasteiger charge is -2.20. The minimum Gasteiger partial charge on any atom is -0.457 e. The van der Waals surface area contributed by atoms with Gasteiger partial charge in [0.05, 0.1) is 0 Å². The molecule has 1 aliphatic heterocycles. The van der Waals surface area contributed by atoms with Crippen molar-refractivity contribution in [2.75, 3.05) is 19.8 Å². The number of hydrogen-bond donors (Lipinski definition) is 0. The smallest absolute Gasteiger partial charge is 0.306 e. The summed E-state index contributed by atoms with van der Waals surface area (Å²) in [6, 6.07) is 6.99. The number of hydrogen-bond acceptors (Lipinski definition) is 4. The summed E-state index contributed by atoms with van der Waals surface area (Å²) in [4.78, 5) is 23.5. The molecule has 0 unspecified atom stereocenters. The maximum absolute atomic E-state index is 11.8. The number of esters is 1. The van der Waals surface area contributed by atoms with Crippen LogP contribution in [0.2, 0.25) is 0 Å². The average Bonchev–Trinajstić information content (AvgIpc) is 2.46. The predicted molar refractivity (Wildman–Crippen MR) is 77.6 cm³/mol. The molecular weight excluding hydrogens is 324 g/mol. The van der Waals surface area contributed by atoms with E-state index in [0.29, 0.717) is 31.1 Å². The third-order valence-corrected chi connectivity index (χ3v) is 3.86. The highest BCUT2D eigenvalue weighted by Gasteiger charge is 2.19. The van der Waals surface area contributed by atoms with E-state index in [2.05, 4.69) is 15.9 Å². The third-order valence-electron chi connectivity index (χ3n) is 3.33. The van der Waals surface area contributed by atoms with Crippen LogP contribution < -0.4 is 0 Å². The van der Waals surface area contributed by atoms with E-state index in [1.165, 1.54) is 0 Å². The average molecular weight is 341 g/mol. The fourth-order valence-corrected chi connectivity index (χ4v) is 2.37. The maximum Gasteiger partial charge on any atom is 0.306 e. The highest BCUT2D eigenvalue weighted by Crippen LogP contribution is 2.19.